The molecule has 0 aliphatic carbocycles. The molecule has 1 saturated heterocycles. The summed E-state index contributed by atoms with van der Waals surface area (Å²) >= 11 is 5.88. The fraction of sp³-hybridized carbons (Fsp3) is 0.438. The van der Waals surface area contributed by atoms with Crippen LogP contribution in [0.2, 0.25) is 5.02 Å². The molecule has 0 amide bonds. The molecule has 29 heavy (non-hydrogen) atoms. The molecule has 0 saturated carbocycles. The highest BCUT2D eigenvalue weighted by molar-refractivity contribution is 7.93. The minimum absolute atomic E-state index is 0.0177. The quantitative estimate of drug-likeness (QED) is 0.737. The van der Waals surface area contributed by atoms with Crippen molar-refractivity contribution in [3.8, 4) is 0 Å². The Morgan fingerprint density at radius 2 is 1.93 bits per heavy atom. The first-order valence-electron chi connectivity index (χ1n) is 8.37. The van der Waals surface area contributed by atoms with E-state index in [1.54, 1.807) is 0 Å². The van der Waals surface area contributed by atoms with Crippen molar-refractivity contribution in [2.45, 2.75) is 37.4 Å². The smallest absolute Gasteiger partial charge is 0.278 e. The summed E-state index contributed by atoms with van der Waals surface area (Å²) < 4.78 is 91.5. The van der Waals surface area contributed by atoms with Crippen LogP contribution < -0.4 is 4.72 Å². The van der Waals surface area contributed by atoms with Gasteiger partial charge in [-0.15, -0.1) is 0 Å². The Hall–Kier alpha value is -1.79. The molecule has 0 unspecified atom stereocenters. The summed E-state index contributed by atoms with van der Waals surface area (Å²) in [5, 5.41) is 3.96. The summed E-state index contributed by atoms with van der Waals surface area (Å²) in [6.45, 7) is 2.89. The molecule has 1 aromatic carbocycles. The summed E-state index contributed by atoms with van der Waals surface area (Å²) in [5.41, 5.74) is -1.18. The van der Waals surface area contributed by atoms with Gasteiger partial charge in [-0.25, -0.2) is 16.8 Å². The predicted molar refractivity (Wildman–Crippen MR) is 101 cm³/mol. The fourth-order valence-corrected chi connectivity index (χ4v) is 6.72. The Balaban J connectivity index is 1.99. The highest BCUT2D eigenvalue weighted by atomic mass is 35.5. The minimum atomic E-state index is -4.67. The molecule has 1 atom stereocenters. The first-order chi connectivity index (χ1) is 13.2. The minimum Gasteiger partial charge on any atom is -0.278 e. The van der Waals surface area contributed by atoms with Gasteiger partial charge in [0.25, 0.3) is 10.0 Å². The lowest BCUT2D eigenvalue weighted by atomic mass is 10.2. The van der Waals surface area contributed by atoms with Gasteiger partial charge in [0.05, 0.1) is 45.2 Å². The molecule has 1 N–H and O–H groups in total. The molecule has 1 aromatic heterocycles. The van der Waals surface area contributed by atoms with E-state index in [4.69, 9.17) is 11.6 Å². The lowest BCUT2D eigenvalue weighted by Crippen LogP contribution is -2.17. The van der Waals surface area contributed by atoms with Crippen LogP contribution in [0.1, 0.15) is 29.4 Å². The Morgan fingerprint density at radius 1 is 1.28 bits per heavy atom. The molecule has 0 radical (unpaired) electrons. The molecular formula is C16H17ClF3N3O4S2. The highest BCUT2D eigenvalue weighted by Crippen LogP contribution is 2.35. The lowest BCUT2D eigenvalue weighted by Gasteiger charge is -2.14. The van der Waals surface area contributed by atoms with Gasteiger partial charge >= 0.3 is 6.18 Å². The van der Waals surface area contributed by atoms with Crippen LogP contribution in [-0.4, -0.2) is 38.1 Å². The predicted octanol–water partition coefficient (Wildman–Crippen LogP) is 3.33. The van der Waals surface area contributed by atoms with Crippen molar-refractivity contribution in [1.82, 2.24) is 9.78 Å². The zero-order valence-electron chi connectivity index (χ0n) is 15.3. The average Bonchev–Trinajstić information content (AvgIpc) is 3.07. The average molecular weight is 472 g/mol. The standard InChI is InChI=1S/C16H17ClF3N3O4S2/c1-9-15(10(2)23(21-9)12-5-6-28(24,25)8-12)29(26,27)22-14-7-11(16(18,19)20)3-4-13(14)17/h3-4,7,12,22H,5-6,8H2,1-2H3/t12-/m0/s1. The second kappa shape index (κ2) is 7.17. The summed E-state index contributed by atoms with van der Waals surface area (Å²) in [6.07, 6.45) is -4.37. The number of rotatable bonds is 4. The normalized spacial score (nSPS) is 19.4. The summed E-state index contributed by atoms with van der Waals surface area (Å²) in [5.74, 6) is -0.169. The number of hydrogen-bond acceptors (Lipinski definition) is 5. The summed E-state index contributed by atoms with van der Waals surface area (Å²) in [6, 6.07) is 1.81. The Morgan fingerprint density at radius 3 is 2.48 bits per heavy atom. The van der Waals surface area contributed by atoms with Crippen LogP contribution in [0.15, 0.2) is 23.1 Å². The molecule has 7 nitrogen and oxygen atoms in total. The van der Waals surface area contributed by atoms with E-state index in [1.807, 2.05) is 0 Å². The topological polar surface area (TPSA) is 98.1 Å². The maximum absolute atomic E-state index is 12.9. The van der Waals surface area contributed by atoms with Crippen LogP contribution in [0.25, 0.3) is 0 Å². The fourth-order valence-electron chi connectivity index (χ4n) is 3.34. The Bertz CT molecular complexity index is 1170. The van der Waals surface area contributed by atoms with Crippen molar-refractivity contribution >= 4 is 37.1 Å². The number of sulfonamides is 1. The highest BCUT2D eigenvalue weighted by Gasteiger charge is 2.35. The Kier molecular flexibility index (Phi) is 5.41. The van der Waals surface area contributed by atoms with E-state index in [2.05, 4.69) is 9.82 Å². The molecule has 1 aliphatic heterocycles. The number of nitrogens with one attached hydrogen (secondary N) is 1. The lowest BCUT2D eigenvalue weighted by molar-refractivity contribution is -0.137. The van der Waals surface area contributed by atoms with Gasteiger partial charge in [0.15, 0.2) is 9.84 Å². The number of alkyl halides is 3. The largest absolute Gasteiger partial charge is 0.416 e. The van der Waals surface area contributed by atoms with Gasteiger partial charge in [0, 0.05) is 0 Å². The van der Waals surface area contributed by atoms with E-state index < -0.39 is 43.3 Å². The molecule has 3 rings (SSSR count). The molecule has 0 bridgehead atoms. The van der Waals surface area contributed by atoms with Crippen LogP contribution in [0.3, 0.4) is 0 Å². The first-order valence-corrected chi connectivity index (χ1v) is 12.1. The van der Waals surface area contributed by atoms with E-state index in [0.717, 1.165) is 12.1 Å². The van der Waals surface area contributed by atoms with Gasteiger partial charge in [-0.3, -0.25) is 9.40 Å². The second-order valence-electron chi connectivity index (χ2n) is 6.80. The van der Waals surface area contributed by atoms with Crippen molar-refractivity contribution in [2.24, 2.45) is 0 Å². The number of sulfone groups is 1. The van der Waals surface area contributed by atoms with E-state index in [9.17, 15) is 30.0 Å². The maximum atomic E-state index is 12.9. The second-order valence-corrected chi connectivity index (χ2v) is 11.1. The third-order valence-electron chi connectivity index (χ3n) is 4.62. The third-order valence-corrected chi connectivity index (χ3v) is 8.32. The molecular weight excluding hydrogens is 455 g/mol. The molecule has 1 aliphatic rings. The SMILES string of the molecule is Cc1nn([C@H]2CCS(=O)(=O)C2)c(C)c1S(=O)(=O)Nc1cc(C(F)(F)F)ccc1Cl. The van der Waals surface area contributed by atoms with Crippen molar-refractivity contribution < 1.29 is 30.0 Å². The molecule has 13 heteroatoms. The molecule has 2 aromatic rings. The van der Waals surface area contributed by atoms with Crippen LogP contribution in [-0.2, 0) is 26.0 Å². The van der Waals surface area contributed by atoms with E-state index in [-0.39, 0.29) is 32.8 Å². The van der Waals surface area contributed by atoms with Gasteiger partial charge in [0.2, 0.25) is 0 Å². The van der Waals surface area contributed by atoms with Gasteiger partial charge < -0.3 is 0 Å². The number of benzene rings is 1. The number of aryl methyl sites for hydroxylation is 1. The van der Waals surface area contributed by atoms with Gasteiger partial charge in [-0.05, 0) is 38.5 Å². The number of halogens is 4. The molecule has 1 fully saturated rings. The van der Waals surface area contributed by atoms with E-state index in [1.165, 1.54) is 18.5 Å². The van der Waals surface area contributed by atoms with E-state index in [0.29, 0.717) is 12.5 Å². The number of aromatic nitrogens is 2. The van der Waals surface area contributed by atoms with Crippen molar-refractivity contribution in [3.63, 3.8) is 0 Å². The zero-order valence-corrected chi connectivity index (χ0v) is 17.7. The van der Waals surface area contributed by atoms with Gasteiger partial charge in [0.1, 0.15) is 4.90 Å². The monoisotopic (exact) mass is 471 g/mol. The van der Waals surface area contributed by atoms with Crippen molar-refractivity contribution in [1.29, 1.82) is 0 Å². The van der Waals surface area contributed by atoms with Crippen LogP contribution in [0, 0.1) is 13.8 Å². The Labute approximate surface area is 170 Å². The van der Waals surface area contributed by atoms with Crippen molar-refractivity contribution in [3.05, 3.63) is 40.2 Å². The number of anilines is 1. The number of hydrogen-bond donors (Lipinski definition) is 1. The summed E-state index contributed by atoms with van der Waals surface area (Å²) in [7, 11) is -7.55. The first kappa shape index (κ1) is 21.9. The zero-order chi connectivity index (χ0) is 21.8. The van der Waals surface area contributed by atoms with Crippen LogP contribution in [0.5, 0.6) is 0 Å². The van der Waals surface area contributed by atoms with Crippen molar-refractivity contribution in [2.75, 3.05) is 16.2 Å². The van der Waals surface area contributed by atoms with Gasteiger partial charge in [-0.2, -0.15) is 18.3 Å². The maximum Gasteiger partial charge on any atom is 0.416 e. The molecule has 2 heterocycles. The number of nitrogens with zero attached hydrogens (tertiary/aromatic N) is 2. The van der Waals surface area contributed by atoms with E-state index >= 15 is 0 Å². The summed E-state index contributed by atoms with van der Waals surface area (Å²) in [4.78, 5) is -0.227. The molecule has 160 valence electrons. The van der Waals surface area contributed by atoms with Gasteiger partial charge in [-0.1, -0.05) is 11.6 Å². The van der Waals surface area contributed by atoms with Crippen LogP contribution in [0.4, 0.5) is 18.9 Å². The van der Waals surface area contributed by atoms with Crippen LogP contribution >= 0.6 is 11.6 Å². The third kappa shape index (κ3) is 4.38. The molecule has 0 spiro atoms.